The topological polar surface area (TPSA) is 65.2 Å². The molecule has 0 atom stereocenters. The number of esters is 1. The molecule has 5 heteroatoms. The molecule has 27 heavy (non-hydrogen) atoms. The molecule has 2 aromatic heterocycles. The van der Waals surface area contributed by atoms with Crippen molar-refractivity contribution in [3.8, 4) is 16.9 Å². The number of nitrogen functional groups attached to an aromatic ring is 1. The Labute approximate surface area is 161 Å². The molecule has 0 bridgehead atoms. The Kier molecular flexibility index (Phi) is 4.60. The number of benzene rings is 2. The van der Waals surface area contributed by atoms with Gasteiger partial charge in [-0.25, -0.2) is 9.78 Å². The predicted octanol–water partition coefficient (Wildman–Crippen LogP) is 5.33. The molecule has 2 N–H and O–H groups in total. The first kappa shape index (κ1) is 17.2. The summed E-state index contributed by atoms with van der Waals surface area (Å²) in [4.78, 5) is 18.3. The van der Waals surface area contributed by atoms with Crippen LogP contribution in [0.25, 0.3) is 21.3 Å². The number of anilines is 1. The van der Waals surface area contributed by atoms with Crippen molar-refractivity contribution < 1.29 is 9.53 Å². The van der Waals surface area contributed by atoms with Crippen LogP contribution in [0.15, 0.2) is 66.9 Å². The van der Waals surface area contributed by atoms with E-state index >= 15 is 0 Å². The lowest BCUT2D eigenvalue weighted by atomic mass is 9.96. The average molecular weight is 374 g/mol. The molecule has 0 unspecified atom stereocenters. The highest BCUT2D eigenvalue weighted by Gasteiger charge is 2.23. The van der Waals surface area contributed by atoms with Crippen LogP contribution in [0.5, 0.6) is 5.75 Å². The highest BCUT2D eigenvalue weighted by atomic mass is 32.1. The maximum Gasteiger partial charge on any atom is 0.355 e. The van der Waals surface area contributed by atoms with Gasteiger partial charge in [-0.3, -0.25) is 0 Å². The first-order valence-electron chi connectivity index (χ1n) is 8.71. The van der Waals surface area contributed by atoms with E-state index in [-0.39, 0.29) is 0 Å². The first-order valence-corrected chi connectivity index (χ1v) is 9.53. The number of fused-ring (bicyclic) bond motifs is 1. The first-order chi connectivity index (χ1) is 13.2. The molecular formula is C22H18N2O2S. The Morgan fingerprint density at radius 3 is 2.41 bits per heavy atom. The predicted molar refractivity (Wildman–Crippen MR) is 110 cm³/mol. The van der Waals surface area contributed by atoms with Crippen molar-refractivity contribution in [3.05, 3.63) is 77.3 Å². The highest BCUT2D eigenvalue weighted by molar-refractivity contribution is 7.21. The zero-order valence-corrected chi connectivity index (χ0v) is 15.6. The summed E-state index contributed by atoms with van der Waals surface area (Å²) >= 11 is 1.27. The molecule has 0 radical (unpaired) electrons. The zero-order chi connectivity index (χ0) is 18.8. The van der Waals surface area contributed by atoms with E-state index in [9.17, 15) is 4.79 Å². The second-order valence-corrected chi connectivity index (χ2v) is 7.10. The maximum atomic E-state index is 12.7. The van der Waals surface area contributed by atoms with Crippen LogP contribution in [0.2, 0.25) is 0 Å². The molecule has 0 spiro atoms. The number of hydrogen-bond acceptors (Lipinski definition) is 5. The molecule has 0 aliphatic carbocycles. The van der Waals surface area contributed by atoms with Gasteiger partial charge in [-0.1, -0.05) is 55.5 Å². The lowest BCUT2D eigenvalue weighted by Crippen LogP contribution is -2.08. The van der Waals surface area contributed by atoms with E-state index in [1.807, 2.05) is 54.7 Å². The van der Waals surface area contributed by atoms with Gasteiger partial charge in [0.1, 0.15) is 15.5 Å². The lowest BCUT2D eigenvalue weighted by molar-refractivity contribution is 0.0741. The number of aromatic nitrogens is 1. The average Bonchev–Trinajstić information content (AvgIpc) is 3.05. The van der Waals surface area contributed by atoms with Crippen LogP contribution in [-0.4, -0.2) is 11.0 Å². The van der Waals surface area contributed by atoms with Crippen LogP contribution in [-0.2, 0) is 6.42 Å². The van der Waals surface area contributed by atoms with Crippen LogP contribution in [0.1, 0.15) is 22.2 Å². The minimum atomic E-state index is -0.459. The summed E-state index contributed by atoms with van der Waals surface area (Å²) in [7, 11) is 0. The Morgan fingerprint density at radius 2 is 1.74 bits per heavy atom. The fourth-order valence-corrected chi connectivity index (χ4v) is 4.07. The normalized spacial score (nSPS) is 10.9. The van der Waals surface area contributed by atoms with E-state index in [1.165, 1.54) is 11.3 Å². The Bertz CT molecular complexity index is 1110. The summed E-state index contributed by atoms with van der Waals surface area (Å²) in [5, 5.41) is 0.825. The Balaban J connectivity index is 1.86. The molecule has 4 rings (SSSR count). The number of nitrogens with zero attached hydrogens (tertiary/aromatic N) is 1. The number of carbonyl (C=O) groups is 1. The van der Waals surface area contributed by atoms with Gasteiger partial charge in [0.15, 0.2) is 0 Å². The van der Waals surface area contributed by atoms with Gasteiger partial charge in [-0.2, -0.15) is 0 Å². The summed E-state index contributed by atoms with van der Waals surface area (Å²) in [5.74, 6) is 0.0311. The van der Waals surface area contributed by atoms with Gasteiger partial charge in [0.2, 0.25) is 0 Å². The fourth-order valence-electron chi connectivity index (χ4n) is 3.12. The number of carbonyl (C=O) groups excluding carboxylic acids is 1. The second-order valence-electron chi connectivity index (χ2n) is 6.11. The highest BCUT2D eigenvalue weighted by Crippen LogP contribution is 2.41. The Morgan fingerprint density at radius 1 is 1.07 bits per heavy atom. The van der Waals surface area contributed by atoms with Crippen molar-refractivity contribution in [2.24, 2.45) is 0 Å². The van der Waals surface area contributed by atoms with Crippen LogP contribution in [0.3, 0.4) is 0 Å². The summed E-state index contributed by atoms with van der Waals surface area (Å²) in [6.45, 7) is 2.09. The molecule has 0 fully saturated rings. The molecule has 0 amide bonds. The second kappa shape index (κ2) is 7.21. The van der Waals surface area contributed by atoms with E-state index in [0.29, 0.717) is 16.3 Å². The number of para-hydroxylation sites is 1. The molecule has 0 saturated heterocycles. The third-order valence-corrected chi connectivity index (χ3v) is 5.51. The van der Waals surface area contributed by atoms with Crippen molar-refractivity contribution in [1.82, 2.24) is 4.98 Å². The van der Waals surface area contributed by atoms with Crippen LogP contribution < -0.4 is 10.5 Å². The molecule has 2 heterocycles. The van der Waals surface area contributed by atoms with Crippen molar-refractivity contribution in [1.29, 1.82) is 0 Å². The zero-order valence-electron chi connectivity index (χ0n) is 14.8. The third-order valence-electron chi connectivity index (χ3n) is 4.42. The molecule has 4 nitrogen and oxygen atoms in total. The van der Waals surface area contributed by atoms with Crippen molar-refractivity contribution >= 4 is 33.2 Å². The maximum absolute atomic E-state index is 12.7. The van der Waals surface area contributed by atoms with Crippen molar-refractivity contribution in [2.45, 2.75) is 13.3 Å². The van der Waals surface area contributed by atoms with Crippen molar-refractivity contribution in [2.75, 3.05) is 5.73 Å². The van der Waals surface area contributed by atoms with Gasteiger partial charge >= 0.3 is 5.97 Å². The van der Waals surface area contributed by atoms with Crippen LogP contribution in [0, 0.1) is 0 Å². The van der Waals surface area contributed by atoms with Gasteiger partial charge in [-0.15, -0.1) is 11.3 Å². The monoisotopic (exact) mass is 374 g/mol. The van der Waals surface area contributed by atoms with E-state index in [4.69, 9.17) is 10.5 Å². The number of pyridine rings is 1. The molecule has 0 aliphatic heterocycles. The number of thiophene rings is 1. The minimum Gasteiger partial charge on any atom is -0.422 e. The molecule has 4 aromatic rings. The third kappa shape index (κ3) is 3.17. The van der Waals surface area contributed by atoms with E-state index < -0.39 is 5.97 Å². The van der Waals surface area contributed by atoms with E-state index in [0.717, 1.165) is 33.3 Å². The minimum absolute atomic E-state index is 0.381. The SMILES string of the molecule is CCc1cnc2sc(C(=O)Oc3ccccc3)c(N)c2c1-c1ccccc1. The smallest absolute Gasteiger partial charge is 0.355 e. The lowest BCUT2D eigenvalue weighted by Gasteiger charge is -2.10. The number of aryl methyl sites for hydroxylation is 1. The number of hydrogen-bond donors (Lipinski definition) is 1. The molecule has 0 saturated carbocycles. The van der Waals surface area contributed by atoms with Gasteiger partial charge in [-0.05, 0) is 35.2 Å². The van der Waals surface area contributed by atoms with Gasteiger partial charge in [0.05, 0.1) is 5.69 Å². The quantitative estimate of drug-likeness (QED) is 0.387. The summed E-state index contributed by atoms with van der Waals surface area (Å²) in [5.41, 5.74) is 10.1. The molecule has 2 aromatic carbocycles. The van der Waals surface area contributed by atoms with Crippen LogP contribution >= 0.6 is 11.3 Å². The molecule has 134 valence electrons. The van der Waals surface area contributed by atoms with Crippen LogP contribution in [0.4, 0.5) is 5.69 Å². The van der Waals surface area contributed by atoms with Gasteiger partial charge in [0, 0.05) is 11.6 Å². The Hall–Kier alpha value is -3.18. The number of ether oxygens (including phenoxy) is 1. The molecular weight excluding hydrogens is 356 g/mol. The number of rotatable bonds is 4. The standard InChI is InChI=1S/C22H18N2O2S/c1-2-14-13-24-21-18(17(14)15-9-5-3-6-10-15)19(23)20(27-21)22(25)26-16-11-7-4-8-12-16/h3-13H,2,23H2,1H3. The summed E-state index contributed by atoms with van der Waals surface area (Å²) in [6, 6.07) is 19.1. The largest absolute Gasteiger partial charge is 0.422 e. The fraction of sp³-hybridized carbons (Fsp3) is 0.0909. The number of nitrogens with two attached hydrogens (primary N) is 1. The molecule has 0 aliphatic rings. The van der Waals surface area contributed by atoms with Gasteiger partial charge < -0.3 is 10.5 Å². The van der Waals surface area contributed by atoms with E-state index in [1.54, 1.807) is 12.1 Å². The van der Waals surface area contributed by atoms with Gasteiger partial charge in [0.25, 0.3) is 0 Å². The van der Waals surface area contributed by atoms with E-state index in [2.05, 4.69) is 11.9 Å². The van der Waals surface area contributed by atoms with Crippen molar-refractivity contribution in [3.63, 3.8) is 0 Å². The summed E-state index contributed by atoms with van der Waals surface area (Å²) < 4.78 is 5.48. The summed E-state index contributed by atoms with van der Waals surface area (Å²) in [6.07, 6.45) is 2.69.